The lowest BCUT2D eigenvalue weighted by molar-refractivity contribution is -0.128. The molecule has 0 bridgehead atoms. The first-order valence-electron chi connectivity index (χ1n) is 14.0. The normalized spacial score (nSPS) is 17.7. The fourth-order valence-corrected chi connectivity index (χ4v) is 6.01. The Labute approximate surface area is 276 Å². The van der Waals surface area contributed by atoms with E-state index in [4.69, 9.17) is 19.6 Å². The first kappa shape index (κ1) is 31.4. The highest BCUT2D eigenvalue weighted by atomic mass is 79.9. The average Bonchev–Trinajstić information content (AvgIpc) is 3.40. The van der Waals surface area contributed by atoms with E-state index in [9.17, 15) is 4.79 Å². The number of benzene rings is 4. The van der Waals surface area contributed by atoms with Crippen molar-refractivity contribution in [1.82, 2.24) is 5.32 Å². The zero-order chi connectivity index (χ0) is 30.2. The summed E-state index contributed by atoms with van der Waals surface area (Å²) in [6.45, 7) is 0.953. The number of carbonyl (C=O) groups is 1. The molecule has 1 amide bonds. The van der Waals surface area contributed by atoms with Gasteiger partial charge in [-0.15, -0.1) is 0 Å². The number of aliphatic hydroxyl groups is 1. The summed E-state index contributed by atoms with van der Waals surface area (Å²) in [5, 5.41) is 12.2. The van der Waals surface area contributed by atoms with Crippen molar-refractivity contribution in [3.63, 3.8) is 0 Å². The summed E-state index contributed by atoms with van der Waals surface area (Å²) in [5.74, 6) is 0.875. The summed E-state index contributed by atoms with van der Waals surface area (Å²) in [7, 11) is 0. The lowest BCUT2D eigenvalue weighted by Crippen LogP contribution is -2.50. The van der Waals surface area contributed by atoms with E-state index in [0.717, 1.165) is 35.7 Å². The van der Waals surface area contributed by atoms with Gasteiger partial charge in [0.15, 0.2) is 11.6 Å². The summed E-state index contributed by atoms with van der Waals surface area (Å²) in [6.07, 6.45) is 0.889. The van der Waals surface area contributed by atoms with Crippen molar-refractivity contribution in [3.8, 4) is 5.75 Å². The average molecular weight is 771 g/mol. The highest BCUT2D eigenvalue weighted by Crippen LogP contribution is 2.44. The van der Waals surface area contributed by atoms with Crippen molar-refractivity contribution in [2.75, 3.05) is 19.8 Å². The second-order valence-corrected chi connectivity index (χ2v) is 12.9. The van der Waals surface area contributed by atoms with Crippen LogP contribution >= 0.6 is 47.8 Å². The van der Waals surface area contributed by atoms with Gasteiger partial charge in [-0.3, -0.25) is 4.79 Å². The second kappa shape index (κ2) is 14.7. The standard InChI is InChI=1S/C34H31Br3N2O4/c35-26-12-6-23(7-13-26)18-19-38-33(41)34(22-24-8-14-27(36)15-9-24)31(29-4-1-2-5-30(29)37)43-32(39-34)25-10-16-28(17-11-25)42-21-3-20-40/h1-2,4-17,31,40H,3,18-22H2,(H,38,41)/t31-,34-/m1/s1. The first-order valence-corrected chi connectivity index (χ1v) is 16.4. The minimum absolute atomic E-state index is 0.0742. The molecular formula is C34H31Br3N2O4. The quantitative estimate of drug-likeness (QED) is 0.146. The molecule has 0 radical (unpaired) electrons. The smallest absolute Gasteiger partial charge is 0.252 e. The maximum absolute atomic E-state index is 14.4. The van der Waals surface area contributed by atoms with E-state index in [1.54, 1.807) is 0 Å². The van der Waals surface area contributed by atoms with E-state index in [-0.39, 0.29) is 12.5 Å². The Bertz CT molecular complexity index is 1560. The number of amides is 1. The Balaban J connectivity index is 1.51. The molecule has 43 heavy (non-hydrogen) atoms. The molecule has 0 unspecified atom stereocenters. The Kier molecular flexibility index (Phi) is 10.7. The van der Waals surface area contributed by atoms with Crippen molar-refractivity contribution >= 4 is 59.6 Å². The molecule has 1 aliphatic rings. The van der Waals surface area contributed by atoms with Gasteiger partial charge in [0.1, 0.15) is 5.75 Å². The summed E-state index contributed by atoms with van der Waals surface area (Å²) in [4.78, 5) is 19.5. The minimum atomic E-state index is -1.27. The van der Waals surface area contributed by atoms with Crippen LogP contribution in [-0.2, 0) is 22.4 Å². The number of nitrogens with one attached hydrogen (secondary N) is 1. The van der Waals surface area contributed by atoms with Crippen molar-refractivity contribution in [1.29, 1.82) is 0 Å². The second-order valence-electron chi connectivity index (χ2n) is 10.2. The molecule has 0 saturated carbocycles. The maximum atomic E-state index is 14.4. The van der Waals surface area contributed by atoms with Crippen LogP contribution in [0.15, 0.2) is 115 Å². The van der Waals surface area contributed by atoms with E-state index in [0.29, 0.717) is 44.1 Å². The Morgan fingerprint density at radius 3 is 2.19 bits per heavy atom. The van der Waals surface area contributed by atoms with Crippen LogP contribution in [0.4, 0.5) is 0 Å². The third-order valence-electron chi connectivity index (χ3n) is 7.22. The van der Waals surface area contributed by atoms with Crippen LogP contribution in [0.1, 0.15) is 34.8 Å². The van der Waals surface area contributed by atoms with Crippen molar-refractivity contribution in [3.05, 3.63) is 133 Å². The van der Waals surface area contributed by atoms with E-state index >= 15 is 0 Å². The van der Waals surface area contributed by atoms with Crippen molar-refractivity contribution < 1.29 is 19.4 Å². The molecule has 2 atom stereocenters. The molecule has 222 valence electrons. The highest BCUT2D eigenvalue weighted by Gasteiger charge is 2.53. The molecule has 0 aliphatic carbocycles. The van der Waals surface area contributed by atoms with Gasteiger partial charge in [0.05, 0.1) is 6.61 Å². The van der Waals surface area contributed by atoms with E-state index in [2.05, 4.69) is 53.1 Å². The molecule has 0 saturated heterocycles. The Hall–Kier alpha value is -2.98. The van der Waals surface area contributed by atoms with Crippen LogP contribution in [0.2, 0.25) is 0 Å². The van der Waals surface area contributed by atoms with Gasteiger partial charge in [-0.1, -0.05) is 90.3 Å². The number of aliphatic imine (C=N–C) groups is 1. The number of carbonyl (C=O) groups excluding carboxylic acids is 1. The van der Waals surface area contributed by atoms with Gasteiger partial charge in [-0.05, 0) is 72.1 Å². The van der Waals surface area contributed by atoms with Crippen LogP contribution in [0.25, 0.3) is 0 Å². The fourth-order valence-electron chi connectivity index (χ4n) is 4.98. The molecule has 9 heteroatoms. The predicted octanol–water partition coefficient (Wildman–Crippen LogP) is 7.59. The lowest BCUT2D eigenvalue weighted by Gasteiger charge is -2.31. The van der Waals surface area contributed by atoms with Gasteiger partial charge in [-0.2, -0.15) is 0 Å². The Morgan fingerprint density at radius 2 is 1.53 bits per heavy atom. The van der Waals surface area contributed by atoms with E-state index < -0.39 is 11.6 Å². The maximum Gasteiger partial charge on any atom is 0.252 e. The predicted molar refractivity (Wildman–Crippen MR) is 180 cm³/mol. The molecule has 1 aliphatic heterocycles. The molecule has 5 rings (SSSR count). The highest BCUT2D eigenvalue weighted by molar-refractivity contribution is 9.11. The van der Waals surface area contributed by atoms with E-state index in [1.165, 1.54) is 0 Å². The number of halogens is 3. The third-order valence-corrected chi connectivity index (χ3v) is 9.00. The van der Waals surface area contributed by atoms with Crippen LogP contribution in [-0.4, -0.2) is 42.2 Å². The number of rotatable bonds is 12. The molecule has 0 fully saturated rings. The lowest BCUT2D eigenvalue weighted by atomic mass is 9.82. The molecule has 2 N–H and O–H groups in total. The molecule has 1 heterocycles. The van der Waals surface area contributed by atoms with Crippen LogP contribution in [0.5, 0.6) is 5.75 Å². The fraction of sp³-hybridized carbons (Fsp3) is 0.235. The SMILES string of the molecule is O=C(NCCc1ccc(Br)cc1)[C@]1(Cc2ccc(Br)cc2)N=C(c2ccc(OCCCO)cc2)O[C@@H]1c1ccccc1Br. The zero-order valence-electron chi connectivity index (χ0n) is 23.3. The number of hydrogen-bond acceptors (Lipinski definition) is 5. The molecule has 4 aromatic rings. The third kappa shape index (κ3) is 7.76. The topological polar surface area (TPSA) is 80.2 Å². The van der Waals surface area contributed by atoms with Crippen molar-refractivity contribution in [2.45, 2.75) is 30.9 Å². The minimum Gasteiger partial charge on any atom is -0.494 e. The van der Waals surface area contributed by atoms with E-state index in [1.807, 2.05) is 97.1 Å². The number of ether oxygens (including phenoxy) is 2. The largest absolute Gasteiger partial charge is 0.494 e. The van der Waals surface area contributed by atoms with Crippen LogP contribution in [0.3, 0.4) is 0 Å². The molecule has 6 nitrogen and oxygen atoms in total. The summed E-state index contributed by atoms with van der Waals surface area (Å²) in [5.41, 5.74) is 2.39. The van der Waals surface area contributed by atoms with Crippen molar-refractivity contribution in [2.24, 2.45) is 4.99 Å². The molecule has 4 aromatic carbocycles. The summed E-state index contributed by atoms with van der Waals surface area (Å²) in [6, 6.07) is 31.3. The van der Waals surface area contributed by atoms with Crippen LogP contribution < -0.4 is 10.1 Å². The number of nitrogens with zero attached hydrogens (tertiary/aromatic N) is 1. The van der Waals surface area contributed by atoms with Gasteiger partial charge in [0.2, 0.25) is 5.90 Å². The first-order chi connectivity index (χ1) is 20.9. The Morgan fingerprint density at radius 1 is 0.884 bits per heavy atom. The number of hydrogen-bond donors (Lipinski definition) is 2. The van der Waals surface area contributed by atoms with Gasteiger partial charge in [-0.25, -0.2) is 4.99 Å². The van der Waals surface area contributed by atoms with Gasteiger partial charge in [0.25, 0.3) is 5.91 Å². The monoisotopic (exact) mass is 768 g/mol. The van der Waals surface area contributed by atoms with Gasteiger partial charge in [0, 0.05) is 50.5 Å². The summed E-state index contributed by atoms with van der Waals surface area (Å²) >= 11 is 10.7. The molecule has 0 spiro atoms. The van der Waals surface area contributed by atoms with Gasteiger partial charge < -0.3 is 19.9 Å². The number of aliphatic hydroxyl groups excluding tert-OH is 1. The van der Waals surface area contributed by atoms with Crippen LogP contribution in [0, 0.1) is 0 Å². The summed E-state index contributed by atoms with van der Waals surface area (Å²) < 4.78 is 15.2. The van der Waals surface area contributed by atoms with Gasteiger partial charge >= 0.3 is 0 Å². The zero-order valence-corrected chi connectivity index (χ0v) is 28.1. The molecule has 0 aromatic heterocycles. The molecular weight excluding hydrogens is 740 g/mol.